The van der Waals surface area contributed by atoms with E-state index in [0.717, 1.165) is 34.3 Å². The van der Waals surface area contributed by atoms with Gasteiger partial charge < -0.3 is 4.90 Å². The number of allylic oxidation sites excluding steroid dienone is 3. The van der Waals surface area contributed by atoms with E-state index >= 15 is 0 Å². The van der Waals surface area contributed by atoms with E-state index in [1.54, 1.807) is 0 Å². The van der Waals surface area contributed by atoms with Gasteiger partial charge in [0.05, 0.1) is 28.3 Å². The van der Waals surface area contributed by atoms with Crippen LogP contribution in [0.5, 0.6) is 0 Å². The van der Waals surface area contributed by atoms with Gasteiger partial charge in [-0.15, -0.1) is 0 Å². The Morgan fingerprint density at radius 2 is 1.58 bits per heavy atom. The molecule has 4 heteroatoms. The first-order valence-electron chi connectivity index (χ1n) is 12.9. The van der Waals surface area contributed by atoms with Gasteiger partial charge in [0.1, 0.15) is 0 Å². The predicted octanol–water partition coefficient (Wildman–Crippen LogP) is 10.2. The van der Waals surface area contributed by atoms with Crippen molar-refractivity contribution in [3.05, 3.63) is 129 Å². The van der Waals surface area contributed by atoms with Crippen LogP contribution in [0, 0.1) is 9.49 Å². The Balaban J connectivity index is 1.54. The zero-order valence-electron chi connectivity index (χ0n) is 20.9. The first kappa shape index (κ1) is 23.7. The third-order valence-electron chi connectivity index (χ3n) is 7.32. The summed E-state index contributed by atoms with van der Waals surface area (Å²) < 4.78 is 1.22. The van der Waals surface area contributed by atoms with Crippen LogP contribution in [0.25, 0.3) is 33.3 Å². The molecule has 2 nitrogen and oxygen atoms in total. The van der Waals surface area contributed by atoms with Crippen LogP contribution in [0.15, 0.2) is 131 Å². The van der Waals surface area contributed by atoms with Gasteiger partial charge in [0.15, 0.2) is 0 Å². The number of anilines is 2. The molecule has 0 bridgehead atoms. The second-order valence-electron chi connectivity index (χ2n) is 9.80. The van der Waals surface area contributed by atoms with Crippen LogP contribution in [-0.2, 0) is 0 Å². The van der Waals surface area contributed by atoms with Gasteiger partial charge in [-0.3, -0.25) is 0 Å². The zero-order chi connectivity index (χ0) is 25.6. The van der Waals surface area contributed by atoms with Gasteiger partial charge in [-0.05, 0) is 88.5 Å². The molecule has 0 amide bonds. The third-order valence-corrected chi connectivity index (χ3v) is 9.43. The van der Waals surface area contributed by atoms with Crippen molar-refractivity contribution in [2.24, 2.45) is 5.92 Å². The summed E-state index contributed by atoms with van der Waals surface area (Å²) in [4.78, 5) is 10.5. The van der Waals surface area contributed by atoms with E-state index in [2.05, 4.69) is 150 Å². The van der Waals surface area contributed by atoms with E-state index in [4.69, 9.17) is 4.98 Å². The Bertz CT molecular complexity index is 1740. The predicted molar refractivity (Wildman–Crippen MR) is 170 cm³/mol. The zero-order valence-corrected chi connectivity index (χ0v) is 23.9. The highest BCUT2D eigenvalue weighted by molar-refractivity contribution is 14.1. The lowest BCUT2D eigenvalue weighted by atomic mass is 9.96. The van der Waals surface area contributed by atoms with Crippen molar-refractivity contribution in [3.63, 3.8) is 0 Å². The molecule has 1 aromatic heterocycles. The van der Waals surface area contributed by atoms with Crippen molar-refractivity contribution in [1.82, 2.24) is 4.98 Å². The minimum Gasteiger partial charge on any atom is -0.306 e. The molecule has 0 saturated heterocycles. The standard InChI is InChI=1S/C34H25IN2S/c1-22-9-7-15-31-34(22)38-32-16-6-5-13-29(32)37(31)30-14-8-12-26-27(23-10-3-2-4-11-23)21-28(36-33(26)30)24-17-19-25(35)20-18-24/h2-8,10-22H,9H2,1H3. The van der Waals surface area contributed by atoms with Crippen LogP contribution >= 0.6 is 34.4 Å². The monoisotopic (exact) mass is 620 g/mol. The minimum absolute atomic E-state index is 0.487. The smallest absolute Gasteiger partial charge is 0.0956 e. The number of fused-ring (bicyclic) bond motifs is 2. The van der Waals surface area contributed by atoms with Crippen LogP contribution in [-0.4, -0.2) is 4.98 Å². The fourth-order valence-corrected chi connectivity index (χ4v) is 7.01. The van der Waals surface area contributed by atoms with Crippen molar-refractivity contribution < 1.29 is 0 Å². The topological polar surface area (TPSA) is 16.1 Å². The van der Waals surface area contributed by atoms with E-state index in [1.165, 1.54) is 35.9 Å². The number of rotatable bonds is 3. The molecule has 2 aliphatic rings. The molecule has 2 heterocycles. The number of thioether (sulfide) groups is 1. The summed E-state index contributed by atoms with van der Waals surface area (Å²) in [7, 11) is 0. The highest BCUT2D eigenvalue weighted by atomic mass is 127. The van der Waals surface area contributed by atoms with Crippen molar-refractivity contribution >= 4 is 56.6 Å². The van der Waals surface area contributed by atoms with Crippen LogP contribution in [0.4, 0.5) is 11.4 Å². The molecule has 1 aliphatic heterocycles. The van der Waals surface area contributed by atoms with Crippen LogP contribution in [0.3, 0.4) is 0 Å². The van der Waals surface area contributed by atoms with Gasteiger partial charge in [0, 0.05) is 24.3 Å². The van der Waals surface area contributed by atoms with Gasteiger partial charge in [0.2, 0.25) is 0 Å². The van der Waals surface area contributed by atoms with Crippen molar-refractivity contribution in [2.75, 3.05) is 4.90 Å². The maximum atomic E-state index is 5.37. The second kappa shape index (κ2) is 9.75. The van der Waals surface area contributed by atoms with Gasteiger partial charge in [-0.2, -0.15) is 0 Å². The number of benzene rings is 4. The van der Waals surface area contributed by atoms with Gasteiger partial charge in [0.25, 0.3) is 0 Å². The number of pyridine rings is 1. The lowest BCUT2D eigenvalue weighted by Crippen LogP contribution is -2.24. The third kappa shape index (κ3) is 4.07. The van der Waals surface area contributed by atoms with Crippen molar-refractivity contribution in [3.8, 4) is 22.4 Å². The molecule has 0 N–H and O–H groups in total. The van der Waals surface area contributed by atoms with E-state index in [0.29, 0.717) is 5.92 Å². The molecule has 1 atom stereocenters. The molecular formula is C34H25IN2S. The normalized spacial score (nSPS) is 16.5. The number of para-hydroxylation sites is 2. The lowest BCUT2D eigenvalue weighted by molar-refractivity contribution is 0.711. The Morgan fingerprint density at radius 3 is 2.42 bits per heavy atom. The van der Waals surface area contributed by atoms with Crippen LogP contribution in [0.1, 0.15) is 13.3 Å². The number of aromatic nitrogens is 1. The first-order chi connectivity index (χ1) is 18.7. The molecule has 4 aromatic carbocycles. The summed E-state index contributed by atoms with van der Waals surface area (Å²) in [5.74, 6) is 0.487. The molecule has 1 aliphatic carbocycles. The van der Waals surface area contributed by atoms with Crippen LogP contribution < -0.4 is 4.90 Å². The fraction of sp³-hybridized carbons (Fsp3) is 0.0882. The molecule has 1 unspecified atom stereocenters. The van der Waals surface area contributed by atoms with Gasteiger partial charge >= 0.3 is 0 Å². The minimum atomic E-state index is 0.487. The second-order valence-corrected chi connectivity index (χ2v) is 12.1. The number of halogens is 1. The molecule has 5 aromatic rings. The Hall–Kier alpha value is -3.35. The van der Waals surface area contributed by atoms with Crippen LogP contribution in [0.2, 0.25) is 0 Å². The first-order valence-corrected chi connectivity index (χ1v) is 14.8. The molecule has 0 radical (unpaired) electrons. The largest absolute Gasteiger partial charge is 0.306 e. The Kier molecular flexibility index (Phi) is 6.09. The average molecular weight is 621 g/mol. The Labute approximate surface area is 241 Å². The molecule has 0 saturated carbocycles. The Morgan fingerprint density at radius 1 is 0.816 bits per heavy atom. The molecule has 0 spiro atoms. The van der Waals surface area contributed by atoms with Crippen molar-refractivity contribution in [1.29, 1.82) is 0 Å². The molecular weight excluding hydrogens is 595 g/mol. The highest BCUT2D eigenvalue weighted by Gasteiger charge is 2.31. The summed E-state index contributed by atoms with van der Waals surface area (Å²) in [5, 5.41) is 1.16. The number of hydrogen-bond donors (Lipinski definition) is 0. The van der Waals surface area contributed by atoms with Crippen molar-refractivity contribution in [2.45, 2.75) is 18.2 Å². The lowest BCUT2D eigenvalue weighted by Gasteiger charge is -2.37. The SMILES string of the molecule is CC1CC=CC2=C1Sc1ccccc1N2c1cccc2c(-c3ccccc3)cc(-c3ccc(I)cc3)nc12. The molecule has 38 heavy (non-hydrogen) atoms. The van der Waals surface area contributed by atoms with E-state index in [9.17, 15) is 0 Å². The van der Waals surface area contributed by atoms with Gasteiger partial charge in [-0.25, -0.2) is 4.98 Å². The summed E-state index contributed by atoms with van der Waals surface area (Å²) >= 11 is 4.28. The highest BCUT2D eigenvalue weighted by Crippen LogP contribution is 2.52. The molecule has 7 rings (SSSR count). The fourth-order valence-electron chi connectivity index (χ4n) is 5.44. The van der Waals surface area contributed by atoms with Gasteiger partial charge in [-0.1, -0.05) is 91.5 Å². The average Bonchev–Trinajstić information content (AvgIpc) is 2.96. The summed E-state index contributed by atoms with van der Waals surface area (Å²) in [6.45, 7) is 2.34. The maximum Gasteiger partial charge on any atom is 0.0956 e. The summed E-state index contributed by atoms with van der Waals surface area (Å²) in [6.07, 6.45) is 5.69. The van der Waals surface area contributed by atoms with E-state index in [-0.39, 0.29) is 0 Å². The quantitative estimate of drug-likeness (QED) is 0.187. The molecule has 0 fully saturated rings. The number of hydrogen-bond acceptors (Lipinski definition) is 3. The summed E-state index contributed by atoms with van der Waals surface area (Å²) in [5.41, 5.74) is 9.13. The maximum absolute atomic E-state index is 5.37. The summed E-state index contributed by atoms with van der Waals surface area (Å²) in [6, 6.07) is 37.0. The van der Waals surface area contributed by atoms with E-state index < -0.39 is 0 Å². The van der Waals surface area contributed by atoms with E-state index in [1.807, 2.05) is 11.8 Å². The number of nitrogens with zero attached hydrogens (tertiary/aromatic N) is 2. The molecule has 184 valence electrons.